The van der Waals surface area contributed by atoms with E-state index in [0.29, 0.717) is 18.9 Å². The molecule has 0 aromatic carbocycles. The van der Waals surface area contributed by atoms with E-state index in [1.54, 1.807) is 22.7 Å². The summed E-state index contributed by atoms with van der Waals surface area (Å²) in [5, 5.41) is 10.8. The van der Waals surface area contributed by atoms with Gasteiger partial charge in [-0.15, -0.1) is 22.7 Å². The molecule has 5 nitrogen and oxygen atoms in total. The smallest absolute Gasteiger partial charge is 0.224 e. The normalized spacial score (nSPS) is 11.3. The van der Waals surface area contributed by atoms with E-state index in [9.17, 15) is 4.79 Å². The van der Waals surface area contributed by atoms with Crippen molar-refractivity contribution in [1.29, 1.82) is 0 Å². The molecule has 1 amide bonds. The van der Waals surface area contributed by atoms with Crippen molar-refractivity contribution in [2.45, 2.75) is 54.1 Å². The molecule has 27 heavy (non-hydrogen) atoms. The van der Waals surface area contributed by atoms with E-state index in [-0.39, 0.29) is 5.91 Å². The fourth-order valence-corrected chi connectivity index (χ4v) is 4.61. The maximum Gasteiger partial charge on any atom is 0.224 e. The summed E-state index contributed by atoms with van der Waals surface area (Å²) in [7, 11) is 0. The van der Waals surface area contributed by atoms with Crippen LogP contribution in [0.4, 0.5) is 0 Å². The first-order chi connectivity index (χ1) is 12.8. The number of aryl methyl sites for hydroxylation is 2. The molecule has 0 unspecified atom stereocenters. The lowest BCUT2D eigenvalue weighted by molar-refractivity contribution is -0.120. The van der Waals surface area contributed by atoms with Gasteiger partial charge in [-0.2, -0.15) is 5.10 Å². The minimum absolute atomic E-state index is 0.0322. The minimum atomic E-state index is 0.0322. The van der Waals surface area contributed by atoms with Crippen molar-refractivity contribution in [3.63, 3.8) is 0 Å². The van der Waals surface area contributed by atoms with E-state index in [1.165, 1.54) is 0 Å². The van der Waals surface area contributed by atoms with Crippen LogP contribution in [0.2, 0.25) is 0 Å². The molecule has 0 aliphatic rings. The summed E-state index contributed by atoms with van der Waals surface area (Å²) >= 11 is 3.33. The van der Waals surface area contributed by atoms with Gasteiger partial charge in [0.15, 0.2) is 0 Å². The molecule has 7 heteroatoms. The Bertz CT molecular complexity index is 936. The zero-order chi connectivity index (χ0) is 19.6. The second-order valence-corrected chi connectivity index (χ2v) is 9.43. The Morgan fingerprint density at radius 1 is 1.26 bits per heavy atom. The number of hydrogen-bond donors (Lipinski definition) is 1. The number of thiazole rings is 1. The van der Waals surface area contributed by atoms with Crippen molar-refractivity contribution in [3.05, 3.63) is 44.3 Å². The third kappa shape index (κ3) is 4.84. The number of nitrogens with zero attached hydrogens (tertiary/aromatic N) is 3. The van der Waals surface area contributed by atoms with Gasteiger partial charge in [-0.1, -0.05) is 13.8 Å². The van der Waals surface area contributed by atoms with Crippen molar-refractivity contribution < 1.29 is 4.79 Å². The molecule has 3 rings (SSSR count). The van der Waals surface area contributed by atoms with Crippen molar-refractivity contribution in [2.24, 2.45) is 5.92 Å². The molecule has 0 spiro atoms. The average Bonchev–Trinajstić information content (AvgIpc) is 3.29. The summed E-state index contributed by atoms with van der Waals surface area (Å²) in [6.07, 6.45) is 0.374. The quantitative estimate of drug-likeness (QED) is 0.633. The fraction of sp³-hybridized carbons (Fsp3) is 0.450. The molecule has 0 aliphatic heterocycles. The molecular weight excluding hydrogens is 376 g/mol. The van der Waals surface area contributed by atoms with Gasteiger partial charge in [-0.3, -0.25) is 9.48 Å². The third-order valence-electron chi connectivity index (χ3n) is 4.40. The largest absolute Gasteiger partial charge is 0.351 e. The average molecular weight is 403 g/mol. The van der Waals surface area contributed by atoms with Gasteiger partial charge in [0.05, 0.1) is 34.2 Å². The van der Waals surface area contributed by atoms with Gasteiger partial charge in [0.25, 0.3) is 0 Å². The summed E-state index contributed by atoms with van der Waals surface area (Å²) in [5.41, 5.74) is 4.09. The Morgan fingerprint density at radius 3 is 2.70 bits per heavy atom. The number of rotatable bonds is 7. The van der Waals surface area contributed by atoms with E-state index in [2.05, 4.69) is 46.8 Å². The number of hydrogen-bond acceptors (Lipinski definition) is 5. The van der Waals surface area contributed by atoms with Gasteiger partial charge < -0.3 is 5.32 Å². The zero-order valence-electron chi connectivity index (χ0n) is 16.5. The number of thiophene rings is 1. The number of nitrogens with one attached hydrogen (secondary N) is 1. The fourth-order valence-electron chi connectivity index (χ4n) is 3.01. The van der Waals surface area contributed by atoms with Gasteiger partial charge in [-0.05, 0) is 38.8 Å². The van der Waals surface area contributed by atoms with Crippen LogP contribution in [0.25, 0.3) is 10.6 Å². The van der Waals surface area contributed by atoms with Crippen LogP contribution in [0.3, 0.4) is 0 Å². The maximum absolute atomic E-state index is 12.4. The van der Waals surface area contributed by atoms with Crippen LogP contribution in [-0.2, 0) is 24.3 Å². The van der Waals surface area contributed by atoms with Crippen molar-refractivity contribution >= 4 is 28.6 Å². The van der Waals surface area contributed by atoms with Crippen LogP contribution < -0.4 is 5.32 Å². The highest BCUT2D eigenvalue weighted by Crippen LogP contribution is 2.29. The van der Waals surface area contributed by atoms with E-state index in [4.69, 9.17) is 0 Å². The van der Waals surface area contributed by atoms with Gasteiger partial charge in [0.1, 0.15) is 0 Å². The Labute approximate surface area is 168 Å². The predicted octanol–water partition coefficient (Wildman–Crippen LogP) is 4.51. The zero-order valence-corrected chi connectivity index (χ0v) is 18.1. The second kappa shape index (κ2) is 8.35. The molecule has 1 N–H and O–H groups in total. The van der Waals surface area contributed by atoms with Gasteiger partial charge in [-0.25, -0.2) is 4.98 Å². The van der Waals surface area contributed by atoms with Crippen LogP contribution in [0.5, 0.6) is 0 Å². The lowest BCUT2D eigenvalue weighted by Crippen LogP contribution is -2.24. The Kier molecular flexibility index (Phi) is 6.11. The van der Waals surface area contributed by atoms with Gasteiger partial charge in [0, 0.05) is 28.1 Å². The van der Waals surface area contributed by atoms with Crippen molar-refractivity contribution in [2.75, 3.05) is 0 Å². The lowest BCUT2D eigenvalue weighted by atomic mass is 10.1. The van der Waals surface area contributed by atoms with Crippen LogP contribution in [-0.4, -0.2) is 20.7 Å². The first-order valence-corrected chi connectivity index (χ1v) is 10.8. The van der Waals surface area contributed by atoms with Crippen LogP contribution in [0, 0.1) is 26.7 Å². The van der Waals surface area contributed by atoms with E-state index in [1.807, 2.05) is 25.5 Å². The van der Waals surface area contributed by atoms with E-state index < -0.39 is 0 Å². The number of amides is 1. The van der Waals surface area contributed by atoms with E-state index >= 15 is 0 Å². The molecule has 0 fully saturated rings. The topological polar surface area (TPSA) is 59.8 Å². The van der Waals surface area contributed by atoms with Crippen LogP contribution in [0.1, 0.15) is 40.7 Å². The molecule has 3 heterocycles. The molecule has 0 saturated heterocycles. The highest BCUT2D eigenvalue weighted by atomic mass is 32.1. The SMILES string of the molecule is Cc1nc(-c2ccc(CNC(=O)Cc3c(C)nn(CC(C)C)c3C)s2)cs1. The second-order valence-electron chi connectivity index (χ2n) is 7.20. The molecule has 3 aromatic rings. The van der Waals surface area contributed by atoms with Crippen LogP contribution in [0.15, 0.2) is 17.5 Å². The molecule has 3 aromatic heterocycles. The van der Waals surface area contributed by atoms with Crippen molar-refractivity contribution in [3.8, 4) is 10.6 Å². The Hall–Kier alpha value is -1.99. The first kappa shape index (κ1) is 19.8. The summed E-state index contributed by atoms with van der Waals surface area (Å²) in [4.78, 5) is 19.2. The molecule has 144 valence electrons. The van der Waals surface area contributed by atoms with Crippen LogP contribution >= 0.6 is 22.7 Å². The first-order valence-electron chi connectivity index (χ1n) is 9.14. The minimum Gasteiger partial charge on any atom is -0.351 e. The van der Waals surface area contributed by atoms with Gasteiger partial charge in [0.2, 0.25) is 5.91 Å². The lowest BCUT2D eigenvalue weighted by Gasteiger charge is -2.08. The molecular formula is C20H26N4OS2. The number of carbonyl (C=O) groups excluding carboxylic acids is 1. The van der Waals surface area contributed by atoms with Gasteiger partial charge >= 0.3 is 0 Å². The van der Waals surface area contributed by atoms with Crippen molar-refractivity contribution in [1.82, 2.24) is 20.1 Å². The molecule has 0 aliphatic carbocycles. The molecule has 0 radical (unpaired) electrons. The summed E-state index contributed by atoms with van der Waals surface area (Å²) in [6, 6.07) is 4.14. The highest BCUT2D eigenvalue weighted by molar-refractivity contribution is 7.16. The Balaban J connectivity index is 1.59. The molecule has 0 atom stereocenters. The third-order valence-corrected chi connectivity index (χ3v) is 6.28. The summed E-state index contributed by atoms with van der Waals surface area (Å²) < 4.78 is 2.02. The Morgan fingerprint density at radius 2 is 2.04 bits per heavy atom. The number of aromatic nitrogens is 3. The summed E-state index contributed by atoms with van der Waals surface area (Å²) in [5.74, 6) is 0.559. The molecule has 0 saturated carbocycles. The predicted molar refractivity (Wildman–Crippen MR) is 112 cm³/mol. The monoisotopic (exact) mass is 402 g/mol. The molecule has 0 bridgehead atoms. The maximum atomic E-state index is 12.4. The highest BCUT2D eigenvalue weighted by Gasteiger charge is 2.16. The number of carbonyl (C=O) groups is 1. The van der Waals surface area contributed by atoms with E-state index in [0.717, 1.165) is 44.0 Å². The standard InChI is InChI=1S/C20H26N4OS2/c1-12(2)10-24-14(4)17(13(3)23-24)8-20(25)21-9-16-6-7-19(27-16)18-11-26-15(5)22-18/h6-7,11-12H,8-10H2,1-5H3,(H,21,25). The summed E-state index contributed by atoms with van der Waals surface area (Å²) in [6.45, 7) is 11.8.